The molecule has 90 valence electrons. The molecule has 1 atom stereocenters. The highest BCUT2D eigenvalue weighted by Gasteiger charge is 2.15. The maximum Gasteiger partial charge on any atom is 0.0711 e. The minimum Gasteiger partial charge on any atom is -0.314 e. The average Bonchev–Trinajstić information content (AvgIpc) is 2.74. The predicted octanol–water partition coefficient (Wildman–Crippen LogP) is 2.26. The molecule has 1 aliphatic heterocycles. The Morgan fingerprint density at radius 2 is 2.35 bits per heavy atom. The van der Waals surface area contributed by atoms with Crippen molar-refractivity contribution in [3.05, 3.63) is 30.0 Å². The van der Waals surface area contributed by atoms with E-state index >= 15 is 0 Å². The first-order chi connectivity index (χ1) is 8.34. The van der Waals surface area contributed by atoms with E-state index < -0.39 is 0 Å². The van der Waals surface area contributed by atoms with Crippen LogP contribution in [0.1, 0.15) is 24.8 Å². The van der Waals surface area contributed by atoms with Gasteiger partial charge in [0, 0.05) is 18.5 Å². The Hall–Kier alpha value is -1.35. The van der Waals surface area contributed by atoms with Crippen LogP contribution in [0.3, 0.4) is 0 Å². The van der Waals surface area contributed by atoms with Gasteiger partial charge in [0.2, 0.25) is 0 Å². The van der Waals surface area contributed by atoms with Gasteiger partial charge in [0.15, 0.2) is 0 Å². The maximum atomic E-state index is 4.35. The van der Waals surface area contributed by atoms with Crippen LogP contribution in [-0.4, -0.2) is 22.4 Å². The van der Waals surface area contributed by atoms with Crippen molar-refractivity contribution in [2.24, 2.45) is 7.05 Å². The summed E-state index contributed by atoms with van der Waals surface area (Å²) in [6.45, 7) is 1.17. The molecule has 1 unspecified atom stereocenters. The Kier molecular flexibility index (Phi) is 2.85. The molecule has 1 aromatic carbocycles. The van der Waals surface area contributed by atoms with Crippen LogP contribution in [-0.2, 0) is 13.5 Å². The molecule has 1 saturated heterocycles. The molecule has 0 radical (unpaired) electrons. The van der Waals surface area contributed by atoms with E-state index in [4.69, 9.17) is 0 Å². The number of nitrogens with zero attached hydrogens (tertiary/aromatic N) is 2. The molecule has 0 amide bonds. The normalized spacial score (nSPS) is 20.9. The second kappa shape index (κ2) is 4.49. The quantitative estimate of drug-likeness (QED) is 0.856. The van der Waals surface area contributed by atoms with E-state index in [0.29, 0.717) is 6.04 Å². The molecule has 0 bridgehead atoms. The molecule has 0 saturated carbocycles. The maximum absolute atomic E-state index is 4.35. The molecule has 0 spiro atoms. The van der Waals surface area contributed by atoms with Crippen molar-refractivity contribution in [3.8, 4) is 0 Å². The first kappa shape index (κ1) is 10.8. The monoisotopic (exact) mass is 229 g/mol. The van der Waals surface area contributed by atoms with Crippen molar-refractivity contribution in [2.75, 3.05) is 6.54 Å². The molecule has 1 aliphatic rings. The minimum atomic E-state index is 0.643. The van der Waals surface area contributed by atoms with Gasteiger partial charge in [0.1, 0.15) is 0 Å². The number of fused-ring (bicyclic) bond motifs is 1. The third kappa shape index (κ3) is 2.07. The first-order valence-electron chi connectivity index (χ1n) is 6.47. The lowest BCUT2D eigenvalue weighted by Gasteiger charge is -2.23. The Labute approximate surface area is 102 Å². The largest absolute Gasteiger partial charge is 0.314 e. The van der Waals surface area contributed by atoms with Crippen LogP contribution < -0.4 is 5.32 Å². The summed E-state index contributed by atoms with van der Waals surface area (Å²) in [5.41, 5.74) is 2.71. The number of aryl methyl sites for hydroxylation is 1. The van der Waals surface area contributed by atoms with Crippen LogP contribution in [0.25, 0.3) is 10.9 Å². The zero-order valence-corrected chi connectivity index (χ0v) is 10.3. The fraction of sp³-hybridized carbons (Fsp3) is 0.500. The number of hydrogen-bond donors (Lipinski definition) is 1. The zero-order chi connectivity index (χ0) is 11.7. The van der Waals surface area contributed by atoms with E-state index in [2.05, 4.69) is 28.6 Å². The molecular formula is C14H19N3. The molecular weight excluding hydrogens is 210 g/mol. The van der Waals surface area contributed by atoms with Crippen molar-refractivity contribution in [2.45, 2.75) is 31.7 Å². The summed E-state index contributed by atoms with van der Waals surface area (Å²) in [5.74, 6) is 0. The summed E-state index contributed by atoms with van der Waals surface area (Å²) in [5, 5.41) is 9.21. The van der Waals surface area contributed by atoms with Crippen molar-refractivity contribution in [3.63, 3.8) is 0 Å². The number of para-hydroxylation sites is 1. The van der Waals surface area contributed by atoms with Gasteiger partial charge < -0.3 is 5.32 Å². The molecule has 17 heavy (non-hydrogen) atoms. The highest BCUT2D eigenvalue weighted by Crippen LogP contribution is 2.21. The Bertz CT molecular complexity index is 509. The summed E-state index contributed by atoms with van der Waals surface area (Å²) >= 11 is 0. The van der Waals surface area contributed by atoms with E-state index in [1.807, 2.05) is 17.9 Å². The summed E-state index contributed by atoms with van der Waals surface area (Å²) in [7, 11) is 2.03. The molecule has 3 heteroatoms. The van der Waals surface area contributed by atoms with Gasteiger partial charge in [-0.15, -0.1) is 0 Å². The zero-order valence-electron chi connectivity index (χ0n) is 10.3. The van der Waals surface area contributed by atoms with Crippen LogP contribution >= 0.6 is 0 Å². The molecule has 2 heterocycles. The Morgan fingerprint density at radius 1 is 1.41 bits per heavy atom. The van der Waals surface area contributed by atoms with Gasteiger partial charge in [0.25, 0.3) is 0 Å². The van der Waals surface area contributed by atoms with Crippen LogP contribution in [0.2, 0.25) is 0 Å². The lowest BCUT2D eigenvalue weighted by Crippen LogP contribution is -2.35. The third-order valence-electron chi connectivity index (χ3n) is 3.72. The topological polar surface area (TPSA) is 29.9 Å². The predicted molar refractivity (Wildman–Crippen MR) is 70.1 cm³/mol. The second-order valence-electron chi connectivity index (χ2n) is 4.97. The molecule has 1 N–H and O–H groups in total. The van der Waals surface area contributed by atoms with Crippen LogP contribution in [0, 0.1) is 0 Å². The van der Waals surface area contributed by atoms with E-state index in [-0.39, 0.29) is 0 Å². The smallest absolute Gasteiger partial charge is 0.0711 e. The van der Waals surface area contributed by atoms with Crippen molar-refractivity contribution < 1.29 is 0 Å². The van der Waals surface area contributed by atoms with Crippen LogP contribution in [0.15, 0.2) is 24.4 Å². The van der Waals surface area contributed by atoms with Crippen LogP contribution in [0.5, 0.6) is 0 Å². The van der Waals surface area contributed by atoms with Gasteiger partial charge in [-0.05, 0) is 31.4 Å². The Balaban J connectivity index is 1.91. The summed E-state index contributed by atoms with van der Waals surface area (Å²) in [4.78, 5) is 0. The molecule has 1 aromatic heterocycles. The summed E-state index contributed by atoms with van der Waals surface area (Å²) in [6.07, 6.45) is 7.06. The van der Waals surface area contributed by atoms with Crippen molar-refractivity contribution >= 4 is 10.9 Å². The third-order valence-corrected chi connectivity index (χ3v) is 3.72. The van der Waals surface area contributed by atoms with Gasteiger partial charge in [-0.2, -0.15) is 5.10 Å². The molecule has 3 nitrogen and oxygen atoms in total. The van der Waals surface area contributed by atoms with Crippen molar-refractivity contribution in [1.82, 2.24) is 15.1 Å². The summed E-state index contributed by atoms with van der Waals surface area (Å²) < 4.78 is 1.99. The fourth-order valence-electron chi connectivity index (χ4n) is 2.84. The molecule has 1 fully saturated rings. The molecule has 3 rings (SSSR count). The van der Waals surface area contributed by atoms with Gasteiger partial charge >= 0.3 is 0 Å². The number of benzene rings is 1. The van der Waals surface area contributed by atoms with Gasteiger partial charge in [-0.3, -0.25) is 4.68 Å². The standard InChI is InChI=1S/C14H19N3/c1-17-14-11(5-4-6-12(14)10-16-17)9-13-7-2-3-8-15-13/h4-6,10,13,15H,2-3,7-9H2,1H3. The molecule has 0 aliphatic carbocycles. The summed E-state index contributed by atoms with van der Waals surface area (Å²) in [6, 6.07) is 7.16. The highest BCUT2D eigenvalue weighted by molar-refractivity contribution is 5.81. The second-order valence-corrected chi connectivity index (χ2v) is 4.97. The average molecular weight is 229 g/mol. The lowest BCUT2D eigenvalue weighted by molar-refractivity contribution is 0.400. The number of rotatable bonds is 2. The van der Waals surface area contributed by atoms with E-state index in [9.17, 15) is 0 Å². The van der Waals surface area contributed by atoms with Gasteiger partial charge in [-0.25, -0.2) is 0 Å². The van der Waals surface area contributed by atoms with Gasteiger partial charge in [0.05, 0.1) is 11.7 Å². The SMILES string of the molecule is Cn1ncc2cccc(CC3CCCCN3)c21. The number of aromatic nitrogens is 2. The number of piperidine rings is 1. The highest BCUT2D eigenvalue weighted by atomic mass is 15.2. The fourth-order valence-corrected chi connectivity index (χ4v) is 2.84. The van der Waals surface area contributed by atoms with Crippen LogP contribution in [0.4, 0.5) is 0 Å². The number of nitrogens with one attached hydrogen (secondary N) is 1. The van der Waals surface area contributed by atoms with E-state index in [1.165, 1.54) is 42.3 Å². The minimum absolute atomic E-state index is 0.643. The van der Waals surface area contributed by atoms with E-state index in [0.717, 1.165) is 6.42 Å². The van der Waals surface area contributed by atoms with E-state index in [1.54, 1.807) is 0 Å². The van der Waals surface area contributed by atoms with Gasteiger partial charge in [-0.1, -0.05) is 24.6 Å². The first-order valence-corrected chi connectivity index (χ1v) is 6.47. The van der Waals surface area contributed by atoms with Crippen molar-refractivity contribution in [1.29, 1.82) is 0 Å². The number of hydrogen-bond acceptors (Lipinski definition) is 2. The lowest BCUT2D eigenvalue weighted by atomic mass is 9.97. The molecule has 2 aromatic rings. The Morgan fingerprint density at radius 3 is 3.18 bits per heavy atom.